The number of anilines is 1. The van der Waals surface area contributed by atoms with Gasteiger partial charge >= 0.3 is 0 Å². The van der Waals surface area contributed by atoms with E-state index in [9.17, 15) is 0 Å². The summed E-state index contributed by atoms with van der Waals surface area (Å²) in [5.74, 6) is 1.22. The minimum absolute atomic E-state index is 0.483. The van der Waals surface area contributed by atoms with E-state index in [2.05, 4.69) is 57.1 Å². The van der Waals surface area contributed by atoms with Crippen molar-refractivity contribution in [2.45, 2.75) is 13.3 Å². The maximum atomic E-state index is 5.70. The van der Waals surface area contributed by atoms with Crippen LogP contribution in [0.2, 0.25) is 0 Å². The van der Waals surface area contributed by atoms with Crippen molar-refractivity contribution in [3.63, 3.8) is 0 Å². The Hall–Kier alpha value is -1.42. The number of nitrogens with two attached hydrogens (primary N) is 1. The van der Waals surface area contributed by atoms with Crippen LogP contribution in [0.1, 0.15) is 17.0 Å². The molecule has 0 atom stereocenters. The molecule has 0 spiro atoms. The van der Waals surface area contributed by atoms with Gasteiger partial charge in [0, 0.05) is 12.6 Å². The lowest BCUT2D eigenvalue weighted by Gasteiger charge is -2.03. The van der Waals surface area contributed by atoms with Crippen LogP contribution in [0.3, 0.4) is 0 Å². The van der Waals surface area contributed by atoms with Gasteiger partial charge in [0.15, 0.2) is 0 Å². The molecule has 1 aromatic heterocycles. The number of hydrogen-bond donors (Lipinski definition) is 1. The average molecular weight is 278 g/mol. The van der Waals surface area contributed by atoms with Gasteiger partial charge in [0.2, 0.25) is 0 Å². The number of nitrogen functional groups attached to an aromatic ring is 1. The Bertz CT molecular complexity index is 494. The predicted molar refractivity (Wildman–Crippen MR) is 68.1 cm³/mol. The molecule has 82 valence electrons. The summed E-state index contributed by atoms with van der Waals surface area (Å²) in [6.45, 7) is 2.07. The van der Waals surface area contributed by atoms with Crippen LogP contribution in [-0.2, 0) is 6.42 Å². The summed E-state index contributed by atoms with van der Waals surface area (Å²) in [6, 6.07) is 8.32. The van der Waals surface area contributed by atoms with Gasteiger partial charge in [0.25, 0.3) is 0 Å². The van der Waals surface area contributed by atoms with E-state index in [4.69, 9.17) is 5.73 Å². The number of halogens is 1. The van der Waals surface area contributed by atoms with E-state index in [1.807, 2.05) is 0 Å². The number of aryl methyl sites for hydroxylation is 1. The van der Waals surface area contributed by atoms with E-state index in [0.29, 0.717) is 12.2 Å². The molecule has 1 heterocycles. The van der Waals surface area contributed by atoms with Crippen LogP contribution >= 0.6 is 15.9 Å². The van der Waals surface area contributed by atoms with Gasteiger partial charge in [-0.1, -0.05) is 29.8 Å². The van der Waals surface area contributed by atoms with Gasteiger partial charge in [-0.3, -0.25) is 0 Å². The first-order valence-electron chi connectivity index (χ1n) is 4.97. The van der Waals surface area contributed by atoms with E-state index < -0.39 is 0 Å². The normalized spacial score (nSPS) is 10.4. The zero-order valence-corrected chi connectivity index (χ0v) is 10.5. The molecule has 0 bridgehead atoms. The second-order valence-corrected chi connectivity index (χ2v) is 4.54. The van der Waals surface area contributed by atoms with Crippen LogP contribution < -0.4 is 5.73 Å². The molecule has 4 heteroatoms. The fourth-order valence-corrected chi connectivity index (χ4v) is 1.58. The second kappa shape index (κ2) is 4.61. The highest BCUT2D eigenvalue weighted by Gasteiger charge is 2.02. The smallest absolute Gasteiger partial charge is 0.141 e. The number of nitrogens with zero attached hydrogens (tertiary/aromatic N) is 2. The van der Waals surface area contributed by atoms with Crippen LogP contribution in [0.25, 0.3) is 0 Å². The molecule has 0 radical (unpaired) electrons. The number of benzene rings is 1. The van der Waals surface area contributed by atoms with E-state index >= 15 is 0 Å². The van der Waals surface area contributed by atoms with Crippen molar-refractivity contribution in [3.05, 3.63) is 51.9 Å². The Morgan fingerprint density at radius 1 is 1.25 bits per heavy atom. The van der Waals surface area contributed by atoms with Crippen molar-refractivity contribution in [1.29, 1.82) is 0 Å². The lowest BCUT2D eigenvalue weighted by molar-refractivity contribution is 0.968. The van der Waals surface area contributed by atoms with Crippen LogP contribution in [0.5, 0.6) is 0 Å². The third-order valence-corrected chi connectivity index (χ3v) is 2.91. The van der Waals surface area contributed by atoms with Gasteiger partial charge in [0.05, 0.1) is 4.47 Å². The summed E-state index contributed by atoms with van der Waals surface area (Å²) < 4.78 is 0.736. The highest BCUT2D eigenvalue weighted by Crippen LogP contribution is 2.16. The molecule has 0 aliphatic carbocycles. The van der Waals surface area contributed by atoms with Crippen molar-refractivity contribution in [3.8, 4) is 0 Å². The molecule has 1 aromatic carbocycles. The molecule has 2 N–H and O–H groups in total. The fourth-order valence-electron chi connectivity index (χ4n) is 1.39. The van der Waals surface area contributed by atoms with Crippen molar-refractivity contribution >= 4 is 21.7 Å². The molecule has 0 saturated heterocycles. The minimum Gasteiger partial charge on any atom is -0.383 e. The summed E-state index contributed by atoms with van der Waals surface area (Å²) in [6.07, 6.45) is 2.39. The molecule has 0 unspecified atom stereocenters. The molecule has 0 aliphatic heterocycles. The standard InChI is InChI=1S/C12H12BrN3/c1-8-2-4-9(5-3-8)6-11-15-7-10(13)12(14)16-11/h2-5,7H,6H2,1H3,(H2,14,15,16). The molecule has 0 fully saturated rings. The molecular formula is C12H12BrN3. The van der Waals surface area contributed by atoms with Gasteiger partial charge in [-0.2, -0.15) is 0 Å². The minimum atomic E-state index is 0.483. The quantitative estimate of drug-likeness (QED) is 0.918. The number of rotatable bonds is 2. The van der Waals surface area contributed by atoms with Crippen molar-refractivity contribution < 1.29 is 0 Å². The van der Waals surface area contributed by atoms with Crippen LogP contribution in [0.4, 0.5) is 5.82 Å². The molecular weight excluding hydrogens is 266 g/mol. The van der Waals surface area contributed by atoms with E-state index in [1.54, 1.807) is 6.20 Å². The maximum absolute atomic E-state index is 5.70. The third-order valence-electron chi connectivity index (χ3n) is 2.30. The Labute approximate surface area is 103 Å². The predicted octanol–water partition coefficient (Wildman–Crippen LogP) is 2.72. The monoisotopic (exact) mass is 277 g/mol. The summed E-state index contributed by atoms with van der Waals surface area (Å²) in [7, 11) is 0. The summed E-state index contributed by atoms with van der Waals surface area (Å²) in [4.78, 5) is 8.43. The zero-order chi connectivity index (χ0) is 11.5. The van der Waals surface area contributed by atoms with Crippen molar-refractivity contribution in [2.24, 2.45) is 0 Å². The Morgan fingerprint density at radius 3 is 2.56 bits per heavy atom. The fraction of sp³-hybridized carbons (Fsp3) is 0.167. The molecule has 2 aromatic rings. The Balaban J connectivity index is 2.20. The SMILES string of the molecule is Cc1ccc(Cc2ncc(Br)c(N)n2)cc1. The van der Waals surface area contributed by atoms with Crippen molar-refractivity contribution in [2.75, 3.05) is 5.73 Å². The molecule has 0 aliphatic rings. The van der Waals surface area contributed by atoms with Crippen molar-refractivity contribution in [1.82, 2.24) is 9.97 Å². The highest BCUT2D eigenvalue weighted by atomic mass is 79.9. The van der Waals surface area contributed by atoms with Crippen LogP contribution in [0.15, 0.2) is 34.9 Å². The molecule has 0 amide bonds. The van der Waals surface area contributed by atoms with E-state index in [-0.39, 0.29) is 0 Å². The number of hydrogen-bond acceptors (Lipinski definition) is 3. The van der Waals surface area contributed by atoms with Crippen LogP contribution in [-0.4, -0.2) is 9.97 Å². The van der Waals surface area contributed by atoms with Gasteiger partial charge < -0.3 is 5.73 Å². The van der Waals surface area contributed by atoms with E-state index in [1.165, 1.54) is 11.1 Å². The Kier molecular flexibility index (Phi) is 3.19. The molecule has 2 rings (SSSR count). The summed E-state index contributed by atoms with van der Waals surface area (Å²) >= 11 is 3.27. The second-order valence-electron chi connectivity index (χ2n) is 3.68. The van der Waals surface area contributed by atoms with Gasteiger partial charge in [0.1, 0.15) is 11.6 Å². The lowest BCUT2D eigenvalue weighted by atomic mass is 10.1. The van der Waals surface area contributed by atoms with Gasteiger partial charge in [-0.25, -0.2) is 9.97 Å². The number of aromatic nitrogens is 2. The molecule has 3 nitrogen and oxygen atoms in total. The van der Waals surface area contributed by atoms with E-state index in [0.717, 1.165) is 10.3 Å². The lowest BCUT2D eigenvalue weighted by Crippen LogP contribution is -2.00. The molecule has 0 saturated carbocycles. The topological polar surface area (TPSA) is 51.8 Å². The first-order valence-corrected chi connectivity index (χ1v) is 5.77. The Morgan fingerprint density at radius 2 is 1.94 bits per heavy atom. The highest BCUT2D eigenvalue weighted by molar-refractivity contribution is 9.10. The summed E-state index contributed by atoms with van der Waals surface area (Å²) in [5, 5.41) is 0. The first kappa shape index (κ1) is 11.1. The maximum Gasteiger partial charge on any atom is 0.141 e. The average Bonchev–Trinajstić information content (AvgIpc) is 2.27. The van der Waals surface area contributed by atoms with Gasteiger partial charge in [-0.15, -0.1) is 0 Å². The molecule has 16 heavy (non-hydrogen) atoms. The third kappa shape index (κ3) is 2.58. The first-order chi connectivity index (χ1) is 7.65. The van der Waals surface area contributed by atoms with Crippen LogP contribution in [0, 0.1) is 6.92 Å². The largest absolute Gasteiger partial charge is 0.383 e. The van der Waals surface area contributed by atoms with Gasteiger partial charge in [-0.05, 0) is 28.4 Å². The zero-order valence-electron chi connectivity index (χ0n) is 8.94. The summed E-state index contributed by atoms with van der Waals surface area (Å²) in [5.41, 5.74) is 8.14.